The molecule has 0 bridgehead atoms. The summed E-state index contributed by atoms with van der Waals surface area (Å²) < 4.78 is 37.5. The highest BCUT2D eigenvalue weighted by molar-refractivity contribution is 6.35. The maximum absolute atomic E-state index is 13.7. The number of furan rings is 1. The Hall–Kier alpha value is -4.68. The van der Waals surface area contributed by atoms with Crippen molar-refractivity contribution in [3.8, 4) is 5.88 Å². The van der Waals surface area contributed by atoms with Gasteiger partial charge in [0.15, 0.2) is 0 Å². The fourth-order valence-corrected chi connectivity index (χ4v) is 5.86. The first-order valence-electron chi connectivity index (χ1n) is 14.5. The molecule has 7 rings (SSSR count). The van der Waals surface area contributed by atoms with Gasteiger partial charge in [0.25, 0.3) is 6.01 Å². The van der Waals surface area contributed by atoms with Crippen molar-refractivity contribution in [3.63, 3.8) is 0 Å². The SMILES string of the molecule is COC(=O)c1ccc2nc(CN3CCN(c4cccc(OCc5ccc(Cl)c6cc(F)oc56)n4)CC3=O)n(C[C@@H]3CCO3)c2c1. The highest BCUT2D eigenvalue weighted by Gasteiger charge is 2.28. The molecule has 1 amide bonds. The molecular weight excluding hydrogens is 605 g/mol. The van der Waals surface area contributed by atoms with E-state index >= 15 is 0 Å². The Balaban J connectivity index is 1.04. The number of benzene rings is 2. The van der Waals surface area contributed by atoms with Gasteiger partial charge in [0.2, 0.25) is 11.8 Å². The van der Waals surface area contributed by atoms with E-state index in [1.165, 1.54) is 13.2 Å². The van der Waals surface area contributed by atoms with Crippen LogP contribution in [0.3, 0.4) is 0 Å². The number of pyridine rings is 1. The number of methoxy groups -OCH3 is 1. The van der Waals surface area contributed by atoms with E-state index in [1.54, 1.807) is 41.3 Å². The van der Waals surface area contributed by atoms with Crippen molar-refractivity contribution in [3.05, 3.63) is 82.6 Å². The Labute approximate surface area is 262 Å². The highest BCUT2D eigenvalue weighted by atomic mass is 35.5. The molecule has 0 radical (unpaired) electrons. The number of hydrogen-bond donors (Lipinski definition) is 0. The van der Waals surface area contributed by atoms with E-state index in [0.717, 1.165) is 29.9 Å². The van der Waals surface area contributed by atoms with E-state index in [0.29, 0.717) is 65.0 Å². The predicted octanol–water partition coefficient (Wildman–Crippen LogP) is 4.97. The molecule has 1 atom stereocenters. The molecule has 5 aromatic rings. The third kappa shape index (κ3) is 5.78. The van der Waals surface area contributed by atoms with Crippen molar-refractivity contribution < 1.29 is 32.6 Å². The van der Waals surface area contributed by atoms with E-state index in [2.05, 4.69) is 4.98 Å². The second-order valence-electron chi connectivity index (χ2n) is 11.0. The lowest BCUT2D eigenvalue weighted by atomic mass is 10.1. The first-order valence-corrected chi connectivity index (χ1v) is 14.9. The van der Waals surface area contributed by atoms with Crippen molar-refractivity contribution in [2.75, 3.05) is 38.3 Å². The normalized spacial score (nSPS) is 16.8. The molecule has 13 heteroatoms. The molecule has 2 fully saturated rings. The number of halogens is 2. The van der Waals surface area contributed by atoms with Crippen LogP contribution in [0.4, 0.5) is 10.2 Å². The van der Waals surface area contributed by atoms with Gasteiger partial charge in [-0.25, -0.2) is 9.78 Å². The Morgan fingerprint density at radius 1 is 1.13 bits per heavy atom. The molecule has 2 aliphatic heterocycles. The minimum Gasteiger partial charge on any atom is -0.473 e. The number of amides is 1. The first kappa shape index (κ1) is 29.1. The summed E-state index contributed by atoms with van der Waals surface area (Å²) in [6.45, 7) is 2.88. The van der Waals surface area contributed by atoms with Gasteiger partial charge in [0, 0.05) is 42.8 Å². The number of carbonyl (C=O) groups is 2. The molecule has 11 nitrogen and oxygen atoms in total. The summed E-state index contributed by atoms with van der Waals surface area (Å²) in [5.41, 5.74) is 2.93. The lowest BCUT2D eigenvalue weighted by molar-refractivity contribution is -0.131. The largest absolute Gasteiger partial charge is 0.473 e. The van der Waals surface area contributed by atoms with Gasteiger partial charge in [0.1, 0.15) is 23.8 Å². The zero-order valence-electron chi connectivity index (χ0n) is 24.4. The fraction of sp³-hybridized carbons (Fsp3) is 0.312. The quantitative estimate of drug-likeness (QED) is 0.208. The van der Waals surface area contributed by atoms with Crippen LogP contribution in [0.1, 0.15) is 28.2 Å². The summed E-state index contributed by atoms with van der Waals surface area (Å²) >= 11 is 6.17. The standard InChI is InChI=1S/C32H29ClFN5O6/c1-42-32(41)19-6-8-24-25(13-19)39(15-21-9-12-43-21)28(35-24)16-38-11-10-37(17-30(38)40)27-3-2-4-29(36-27)44-18-20-5-7-23(33)22-14-26(34)45-31(20)22/h2-8,13-14,21H,9-12,15-18H2,1H3/t21-/m0/s1. The molecule has 0 aliphatic carbocycles. The van der Waals surface area contributed by atoms with Crippen LogP contribution in [0.2, 0.25) is 5.02 Å². The van der Waals surface area contributed by atoms with Crippen LogP contribution in [0.15, 0.2) is 59.0 Å². The van der Waals surface area contributed by atoms with Crippen LogP contribution in [-0.4, -0.2) is 70.8 Å². The molecule has 45 heavy (non-hydrogen) atoms. The Kier molecular flexibility index (Phi) is 7.76. The van der Waals surface area contributed by atoms with Gasteiger partial charge in [-0.05, 0) is 36.8 Å². The maximum atomic E-state index is 13.7. The van der Waals surface area contributed by atoms with Crippen LogP contribution in [0, 0.1) is 6.01 Å². The summed E-state index contributed by atoms with van der Waals surface area (Å²) in [6, 6.07) is 14.5. The smallest absolute Gasteiger partial charge is 0.337 e. The van der Waals surface area contributed by atoms with Gasteiger partial charge in [0.05, 0.1) is 54.5 Å². The molecule has 232 valence electrons. The number of anilines is 1. The Bertz CT molecular complexity index is 1920. The van der Waals surface area contributed by atoms with Gasteiger partial charge in [-0.1, -0.05) is 23.7 Å². The highest BCUT2D eigenvalue weighted by Crippen LogP contribution is 2.30. The van der Waals surface area contributed by atoms with Crippen LogP contribution < -0.4 is 9.64 Å². The Morgan fingerprint density at radius 3 is 2.78 bits per heavy atom. The maximum Gasteiger partial charge on any atom is 0.337 e. The lowest BCUT2D eigenvalue weighted by Gasteiger charge is -2.35. The second kappa shape index (κ2) is 12.0. The number of fused-ring (bicyclic) bond motifs is 2. The molecule has 2 aliphatic rings. The topological polar surface area (TPSA) is 112 Å². The molecular formula is C32H29ClFN5O6. The summed E-state index contributed by atoms with van der Waals surface area (Å²) in [7, 11) is 1.35. The van der Waals surface area contributed by atoms with E-state index < -0.39 is 12.0 Å². The fourth-order valence-electron chi connectivity index (χ4n) is 5.66. The molecule has 0 saturated carbocycles. The van der Waals surface area contributed by atoms with Gasteiger partial charge >= 0.3 is 5.97 Å². The van der Waals surface area contributed by atoms with E-state index in [4.69, 9.17) is 35.2 Å². The molecule has 0 spiro atoms. The third-order valence-electron chi connectivity index (χ3n) is 8.17. The zero-order valence-corrected chi connectivity index (χ0v) is 25.1. The minimum absolute atomic E-state index is 0.0574. The number of nitrogens with zero attached hydrogens (tertiary/aromatic N) is 5. The number of hydrogen-bond acceptors (Lipinski definition) is 9. The lowest BCUT2D eigenvalue weighted by Crippen LogP contribution is -2.50. The number of aromatic nitrogens is 3. The van der Waals surface area contributed by atoms with Crippen LogP contribution in [0.5, 0.6) is 5.88 Å². The summed E-state index contributed by atoms with van der Waals surface area (Å²) in [6.07, 6.45) is 0.997. The van der Waals surface area contributed by atoms with Crippen molar-refractivity contribution in [1.29, 1.82) is 0 Å². The van der Waals surface area contributed by atoms with Crippen LogP contribution >= 0.6 is 11.6 Å². The Morgan fingerprint density at radius 2 is 2.00 bits per heavy atom. The number of carbonyl (C=O) groups excluding carboxylic acids is 2. The predicted molar refractivity (Wildman–Crippen MR) is 163 cm³/mol. The van der Waals surface area contributed by atoms with E-state index in [9.17, 15) is 14.0 Å². The first-order chi connectivity index (χ1) is 21.9. The summed E-state index contributed by atoms with van der Waals surface area (Å²) in [4.78, 5) is 38.7. The number of imidazole rings is 1. The minimum atomic E-state index is -0.722. The molecule has 2 aromatic carbocycles. The average molecular weight is 634 g/mol. The van der Waals surface area contributed by atoms with Crippen LogP contribution in [0.25, 0.3) is 22.0 Å². The molecule has 0 unspecified atom stereocenters. The molecule has 0 N–H and O–H groups in total. The van der Waals surface area contributed by atoms with E-state index in [-0.39, 0.29) is 25.2 Å². The van der Waals surface area contributed by atoms with E-state index in [1.807, 2.05) is 21.6 Å². The average Bonchev–Trinajstić information content (AvgIpc) is 3.59. The van der Waals surface area contributed by atoms with Crippen molar-refractivity contribution >= 4 is 51.3 Å². The van der Waals surface area contributed by atoms with Crippen molar-refractivity contribution in [2.24, 2.45) is 0 Å². The van der Waals surface area contributed by atoms with Gasteiger partial charge in [-0.3, -0.25) is 4.79 Å². The number of rotatable bonds is 9. The monoisotopic (exact) mass is 633 g/mol. The summed E-state index contributed by atoms with van der Waals surface area (Å²) in [5.74, 6) is 1.21. The van der Waals surface area contributed by atoms with Gasteiger partial charge in [-0.15, -0.1) is 0 Å². The van der Waals surface area contributed by atoms with Gasteiger partial charge in [-0.2, -0.15) is 9.37 Å². The second-order valence-corrected chi connectivity index (χ2v) is 11.4. The van der Waals surface area contributed by atoms with Crippen LogP contribution in [-0.2, 0) is 34.0 Å². The number of piperazine rings is 1. The third-order valence-corrected chi connectivity index (χ3v) is 8.50. The number of esters is 1. The van der Waals surface area contributed by atoms with Crippen molar-refractivity contribution in [1.82, 2.24) is 19.4 Å². The molecule has 2 saturated heterocycles. The van der Waals surface area contributed by atoms with Gasteiger partial charge < -0.3 is 33.0 Å². The zero-order chi connectivity index (χ0) is 31.1. The van der Waals surface area contributed by atoms with Crippen molar-refractivity contribution in [2.45, 2.75) is 32.2 Å². The summed E-state index contributed by atoms with van der Waals surface area (Å²) in [5, 5.41) is 0.869. The number of ether oxygens (including phenoxy) is 3. The molecule has 5 heterocycles. The molecule has 3 aromatic heterocycles.